The molecule has 0 N–H and O–H groups in total. The molecule has 21 heavy (non-hydrogen) atoms. The molecule has 110 valence electrons. The largest absolute Gasteiger partial charge is 0.455 e. The molecule has 2 aromatic rings. The van der Waals surface area contributed by atoms with Crippen LogP contribution >= 0.6 is 11.5 Å². The molecule has 0 saturated carbocycles. The third-order valence-electron chi connectivity index (χ3n) is 3.73. The van der Waals surface area contributed by atoms with Crippen molar-refractivity contribution in [2.24, 2.45) is 0 Å². The van der Waals surface area contributed by atoms with Gasteiger partial charge in [0.05, 0.1) is 12.1 Å². The predicted octanol–water partition coefficient (Wildman–Crippen LogP) is 2.84. The molecular formula is C15H16N2O3S. The van der Waals surface area contributed by atoms with E-state index in [0.29, 0.717) is 35.6 Å². The molecular weight excluding hydrogens is 288 g/mol. The van der Waals surface area contributed by atoms with E-state index in [9.17, 15) is 9.59 Å². The molecule has 0 bridgehead atoms. The van der Waals surface area contributed by atoms with Crippen LogP contribution in [0.4, 0.5) is 0 Å². The van der Waals surface area contributed by atoms with Crippen molar-refractivity contribution in [2.45, 2.75) is 32.7 Å². The molecule has 0 aromatic carbocycles. The van der Waals surface area contributed by atoms with Gasteiger partial charge in [-0.2, -0.15) is 0 Å². The van der Waals surface area contributed by atoms with Crippen molar-refractivity contribution >= 4 is 23.2 Å². The second kappa shape index (κ2) is 5.44. The Bertz CT molecular complexity index is 688. The maximum Gasteiger partial charge on any atom is 0.289 e. The van der Waals surface area contributed by atoms with Crippen molar-refractivity contribution < 1.29 is 14.0 Å². The molecule has 1 aliphatic rings. The van der Waals surface area contributed by atoms with E-state index < -0.39 is 0 Å². The Labute approximate surface area is 126 Å². The maximum absolute atomic E-state index is 12.5. The zero-order valence-electron chi connectivity index (χ0n) is 12.0. The highest BCUT2D eigenvalue weighted by Gasteiger charge is 2.30. The number of rotatable bonds is 3. The average Bonchev–Trinajstić information content (AvgIpc) is 3.07. The lowest BCUT2D eigenvalue weighted by Gasteiger charge is -2.14. The highest BCUT2D eigenvalue weighted by molar-refractivity contribution is 7.05. The summed E-state index contributed by atoms with van der Waals surface area (Å²) < 4.78 is 9.71. The minimum absolute atomic E-state index is 0.0849. The molecule has 0 aliphatic heterocycles. The van der Waals surface area contributed by atoms with Crippen LogP contribution in [0.5, 0.6) is 0 Å². The third-order valence-corrected chi connectivity index (χ3v) is 4.46. The van der Waals surface area contributed by atoms with Crippen LogP contribution < -0.4 is 0 Å². The number of fused-ring (bicyclic) bond motifs is 1. The second-order valence-electron chi connectivity index (χ2n) is 5.27. The van der Waals surface area contributed by atoms with Crippen LogP contribution in [-0.4, -0.2) is 28.0 Å². The van der Waals surface area contributed by atoms with E-state index in [1.165, 1.54) is 11.5 Å². The van der Waals surface area contributed by atoms with Crippen LogP contribution in [0.15, 0.2) is 16.7 Å². The molecule has 0 atom stereocenters. The van der Waals surface area contributed by atoms with E-state index in [2.05, 4.69) is 4.37 Å². The van der Waals surface area contributed by atoms with Gasteiger partial charge in [0.2, 0.25) is 0 Å². The number of carbonyl (C=O) groups is 2. The topological polar surface area (TPSA) is 63.4 Å². The number of aryl methyl sites for hydroxylation is 1. The van der Waals surface area contributed by atoms with E-state index in [1.807, 2.05) is 6.07 Å². The summed E-state index contributed by atoms with van der Waals surface area (Å²) in [5.74, 6) is 0.852. The van der Waals surface area contributed by atoms with E-state index >= 15 is 0 Å². The third kappa shape index (κ3) is 2.51. The van der Waals surface area contributed by atoms with Crippen LogP contribution in [0.1, 0.15) is 50.0 Å². The van der Waals surface area contributed by atoms with Crippen molar-refractivity contribution in [1.29, 1.82) is 0 Å². The summed E-state index contributed by atoms with van der Waals surface area (Å²) in [4.78, 5) is 27.1. The van der Waals surface area contributed by atoms with E-state index in [-0.39, 0.29) is 11.7 Å². The van der Waals surface area contributed by atoms with E-state index in [0.717, 1.165) is 17.7 Å². The van der Waals surface area contributed by atoms with Gasteiger partial charge in [-0.3, -0.25) is 9.59 Å². The molecule has 5 nitrogen and oxygen atoms in total. The molecule has 0 radical (unpaired) electrons. The fourth-order valence-electron chi connectivity index (χ4n) is 2.66. The highest BCUT2D eigenvalue weighted by Crippen LogP contribution is 2.30. The second-order valence-corrected chi connectivity index (χ2v) is 6.19. The number of carbonyl (C=O) groups excluding carboxylic acids is 2. The average molecular weight is 304 g/mol. The SMILES string of the molecule is Cc1c(C(=O)N(C)Cc2ccns2)oc2c1C(=O)CCC2. The number of aromatic nitrogens is 1. The van der Waals surface area contributed by atoms with E-state index in [1.54, 1.807) is 25.1 Å². The molecule has 0 unspecified atom stereocenters. The Balaban J connectivity index is 1.86. The monoisotopic (exact) mass is 304 g/mol. The fraction of sp³-hybridized carbons (Fsp3) is 0.400. The Morgan fingerprint density at radius 1 is 1.48 bits per heavy atom. The minimum Gasteiger partial charge on any atom is -0.455 e. The van der Waals surface area contributed by atoms with Gasteiger partial charge in [0.15, 0.2) is 11.5 Å². The summed E-state index contributed by atoms with van der Waals surface area (Å²) in [6.45, 7) is 2.28. The molecule has 3 rings (SSSR count). The van der Waals surface area contributed by atoms with Crippen LogP contribution in [-0.2, 0) is 13.0 Å². The quantitative estimate of drug-likeness (QED) is 0.874. The predicted molar refractivity (Wildman–Crippen MR) is 78.6 cm³/mol. The zero-order valence-corrected chi connectivity index (χ0v) is 12.8. The first-order valence-electron chi connectivity index (χ1n) is 6.88. The number of hydrogen-bond acceptors (Lipinski definition) is 5. The minimum atomic E-state index is -0.192. The van der Waals surface area contributed by atoms with Crippen LogP contribution in [0.25, 0.3) is 0 Å². The molecule has 6 heteroatoms. The Morgan fingerprint density at radius 3 is 2.95 bits per heavy atom. The number of furan rings is 1. The van der Waals surface area contributed by atoms with Gasteiger partial charge in [0.25, 0.3) is 5.91 Å². The summed E-state index contributed by atoms with van der Waals surface area (Å²) in [5.41, 5.74) is 1.30. The lowest BCUT2D eigenvalue weighted by atomic mass is 9.94. The molecule has 0 fully saturated rings. The first-order chi connectivity index (χ1) is 10.1. The van der Waals surface area contributed by atoms with Crippen molar-refractivity contribution in [1.82, 2.24) is 9.27 Å². The Morgan fingerprint density at radius 2 is 2.29 bits per heavy atom. The van der Waals surface area contributed by atoms with Gasteiger partial charge >= 0.3 is 0 Å². The van der Waals surface area contributed by atoms with Crippen molar-refractivity contribution in [3.05, 3.63) is 39.8 Å². The summed E-state index contributed by atoms with van der Waals surface area (Å²) in [5, 5.41) is 0. The first kappa shape index (κ1) is 14.0. The summed E-state index contributed by atoms with van der Waals surface area (Å²) in [6, 6.07) is 1.89. The van der Waals surface area contributed by atoms with E-state index in [4.69, 9.17) is 4.42 Å². The number of Topliss-reactive ketones (excluding diaryl/α,β-unsaturated/α-hetero) is 1. The van der Waals surface area contributed by atoms with Gasteiger partial charge < -0.3 is 9.32 Å². The van der Waals surface area contributed by atoms with Crippen molar-refractivity contribution in [2.75, 3.05) is 7.05 Å². The summed E-state index contributed by atoms with van der Waals surface area (Å²) in [6.07, 6.45) is 3.78. The van der Waals surface area contributed by atoms with Crippen LogP contribution in [0.2, 0.25) is 0 Å². The molecule has 2 heterocycles. The number of amides is 1. The van der Waals surface area contributed by atoms with Gasteiger partial charge in [-0.05, 0) is 30.9 Å². The normalized spacial score (nSPS) is 14.1. The zero-order chi connectivity index (χ0) is 15.0. The van der Waals surface area contributed by atoms with Crippen molar-refractivity contribution in [3.63, 3.8) is 0 Å². The van der Waals surface area contributed by atoms with Crippen molar-refractivity contribution in [3.8, 4) is 0 Å². The lowest BCUT2D eigenvalue weighted by molar-refractivity contribution is 0.0751. The van der Waals surface area contributed by atoms with Gasteiger partial charge in [0.1, 0.15) is 5.76 Å². The molecule has 1 amide bonds. The molecule has 1 aliphatic carbocycles. The number of nitrogens with zero attached hydrogens (tertiary/aromatic N) is 2. The highest BCUT2D eigenvalue weighted by atomic mass is 32.1. The number of hydrogen-bond donors (Lipinski definition) is 0. The molecule has 2 aromatic heterocycles. The van der Waals surface area contributed by atoms with Gasteiger partial charge in [0, 0.05) is 36.5 Å². The molecule has 0 saturated heterocycles. The van der Waals surface area contributed by atoms with Crippen LogP contribution in [0.3, 0.4) is 0 Å². The Hall–Kier alpha value is -1.95. The van der Waals surface area contributed by atoms with Gasteiger partial charge in [-0.1, -0.05) is 0 Å². The smallest absolute Gasteiger partial charge is 0.289 e. The maximum atomic E-state index is 12.5. The van der Waals surface area contributed by atoms with Crippen LogP contribution in [0, 0.1) is 6.92 Å². The summed E-state index contributed by atoms with van der Waals surface area (Å²) >= 11 is 1.37. The standard InChI is InChI=1S/C15H16N2O3S/c1-9-13-11(18)4-3-5-12(13)20-14(9)15(19)17(2)8-10-6-7-16-21-10/h6-7H,3-5,8H2,1-2H3. The fourth-order valence-corrected chi connectivity index (χ4v) is 3.29. The Kier molecular flexibility index (Phi) is 3.63. The summed E-state index contributed by atoms with van der Waals surface area (Å²) in [7, 11) is 1.73. The van der Waals surface area contributed by atoms with Gasteiger partial charge in [-0.25, -0.2) is 4.37 Å². The number of ketones is 1. The lowest BCUT2D eigenvalue weighted by Crippen LogP contribution is -2.26. The molecule has 0 spiro atoms. The first-order valence-corrected chi connectivity index (χ1v) is 7.65. The van der Waals surface area contributed by atoms with Gasteiger partial charge in [-0.15, -0.1) is 0 Å².